The van der Waals surface area contributed by atoms with Gasteiger partial charge in [-0.05, 0) is 11.1 Å². The third-order valence-electron chi connectivity index (χ3n) is 6.59. The van der Waals surface area contributed by atoms with Crippen molar-refractivity contribution in [1.29, 1.82) is 0 Å². The summed E-state index contributed by atoms with van der Waals surface area (Å²) in [5.74, 6) is -1.35. The van der Waals surface area contributed by atoms with Gasteiger partial charge in [-0.2, -0.15) is 0 Å². The topological polar surface area (TPSA) is 97.4 Å². The molecule has 8 heteroatoms. The summed E-state index contributed by atoms with van der Waals surface area (Å²) in [5.41, 5.74) is 1.56. The summed E-state index contributed by atoms with van der Waals surface area (Å²) in [4.78, 5) is 36.7. The highest BCUT2D eigenvalue weighted by molar-refractivity contribution is 5.82. The van der Waals surface area contributed by atoms with E-state index in [-0.39, 0.29) is 18.5 Å². The van der Waals surface area contributed by atoms with Crippen LogP contribution in [0.25, 0.3) is 0 Å². The fraction of sp³-hybridized carbons (Fsp3) is 0.393. The molecule has 3 aliphatic rings. The van der Waals surface area contributed by atoms with E-state index >= 15 is 0 Å². The van der Waals surface area contributed by atoms with E-state index in [4.69, 9.17) is 23.7 Å². The lowest BCUT2D eigenvalue weighted by molar-refractivity contribution is -0.256. The molecular weight excluding hydrogens is 464 g/mol. The summed E-state index contributed by atoms with van der Waals surface area (Å²) >= 11 is 0. The van der Waals surface area contributed by atoms with Crippen LogP contribution in [0.2, 0.25) is 0 Å². The minimum Gasteiger partial charge on any atom is -0.459 e. The monoisotopic (exact) mass is 492 g/mol. The predicted octanol–water partition coefficient (Wildman–Crippen LogP) is 3.76. The first-order valence-corrected chi connectivity index (χ1v) is 12.1. The van der Waals surface area contributed by atoms with Crippen LogP contribution in [0.4, 0.5) is 0 Å². The molecular formula is C28H28O8. The summed E-state index contributed by atoms with van der Waals surface area (Å²) in [6, 6.07) is 18.8. The molecule has 0 aromatic heterocycles. The van der Waals surface area contributed by atoms with Crippen molar-refractivity contribution in [3.63, 3.8) is 0 Å². The zero-order valence-corrected chi connectivity index (χ0v) is 19.9. The van der Waals surface area contributed by atoms with Crippen molar-refractivity contribution in [1.82, 2.24) is 0 Å². The summed E-state index contributed by atoms with van der Waals surface area (Å²) in [6.07, 6.45) is -0.483. The van der Waals surface area contributed by atoms with Crippen molar-refractivity contribution >= 4 is 17.9 Å². The normalized spacial score (nSPS) is 29.0. The number of rotatable bonds is 7. The lowest BCUT2D eigenvalue weighted by Crippen LogP contribution is -2.54. The number of hydrogen-bond donors (Lipinski definition) is 0. The fourth-order valence-corrected chi connectivity index (χ4v) is 5.07. The van der Waals surface area contributed by atoms with Crippen molar-refractivity contribution in [3.05, 3.63) is 83.9 Å². The van der Waals surface area contributed by atoms with E-state index in [1.807, 2.05) is 60.7 Å². The molecule has 2 fully saturated rings. The second-order valence-electron chi connectivity index (χ2n) is 9.18. The fourth-order valence-electron chi connectivity index (χ4n) is 5.07. The molecule has 0 radical (unpaired) electrons. The Kier molecular flexibility index (Phi) is 7.16. The highest BCUT2D eigenvalue weighted by Crippen LogP contribution is 2.42. The van der Waals surface area contributed by atoms with E-state index in [2.05, 4.69) is 0 Å². The van der Waals surface area contributed by atoms with Gasteiger partial charge >= 0.3 is 17.9 Å². The Labute approximate surface area is 209 Å². The van der Waals surface area contributed by atoms with Crippen LogP contribution in [0.5, 0.6) is 0 Å². The molecule has 3 aliphatic heterocycles. The van der Waals surface area contributed by atoms with Crippen molar-refractivity contribution in [2.24, 2.45) is 0 Å². The second kappa shape index (κ2) is 10.6. The summed E-state index contributed by atoms with van der Waals surface area (Å²) in [5, 5.41) is 0. The van der Waals surface area contributed by atoms with Crippen molar-refractivity contribution in [3.8, 4) is 0 Å². The Bertz CT molecular complexity index is 1110. The molecule has 0 spiro atoms. The molecule has 0 amide bonds. The van der Waals surface area contributed by atoms with E-state index < -0.39 is 48.6 Å². The number of hydrogen-bond acceptors (Lipinski definition) is 8. The number of esters is 3. The van der Waals surface area contributed by atoms with Gasteiger partial charge in [-0.15, -0.1) is 0 Å². The first kappa shape index (κ1) is 24.2. The Morgan fingerprint density at radius 3 is 2.42 bits per heavy atom. The van der Waals surface area contributed by atoms with E-state index in [1.165, 1.54) is 13.0 Å². The Balaban J connectivity index is 1.54. The number of carbonyl (C=O) groups excluding carboxylic acids is 3. The van der Waals surface area contributed by atoms with Crippen LogP contribution in [0.1, 0.15) is 49.5 Å². The molecule has 188 valence electrons. The lowest BCUT2D eigenvalue weighted by atomic mass is 9.89. The van der Waals surface area contributed by atoms with Gasteiger partial charge in [-0.1, -0.05) is 66.7 Å². The van der Waals surface area contributed by atoms with Crippen LogP contribution in [0.15, 0.2) is 72.8 Å². The number of fused-ring (bicyclic) bond motifs is 2. The number of cyclic esters (lactones) is 1. The molecule has 8 nitrogen and oxygen atoms in total. The number of ether oxygens (including phenoxy) is 5. The zero-order valence-electron chi connectivity index (χ0n) is 19.9. The molecule has 2 bridgehead atoms. The average molecular weight is 493 g/mol. The van der Waals surface area contributed by atoms with Crippen LogP contribution in [0.3, 0.4) is 0 Å². The lowest BCUT2D eigenvalue weighted by Gasteiger charge is -2.46. The highest BCUT2D eigenvalue weighted by atomic mass is 16.6. The molecule has 0 aliphatic carbocycles. The average Bonchev–Trinajstić information content (AvgIpc) is 2.87. The van der Waals surface area contributed by atoms with E-state index in [0.29, 0.717) is 18.4 Å². The molecule has 7 atom stereocenters. The molecule has 3 heterocycles. The van der Waals surface area contributed by atoms with Crippen LogP contribution < -0.4 is 0 Å². The third kappa shape index (κ3) is 5.34. The van der Waals surface area contributed by atoms with Gasteiger partial charge in [0.15, 0.2) is 6.10 Å². The van der Waals surface area contributed by atoms with Gasteiger partial charge in [0.25, 0.3) is 0 Å². The summed E-state index contributed by atoms with van der Waals surface area (Å²) in [7, 11) is 0. The maximum atomic E-state index is 12.3. The SMILES string of the molecule is CC(=O)O[C@@H](c1ccccc1)[C@@H](O[C@@H]1[C@@H]2C[C@@H](CC(=O)O2)O[C@H]1c1ccccc1)[C@@H]1CC=CC(=O)O1. The smallest absolute Gasteiger partial charge is 0.330 e. The molecule has 2 aromatic carbocycles. The van der Waals surface area contributed by atoms with Crippen molar-refractivity contribution in [2.75, 3.05) is 0 Å². The van der Waals surface area contributed by atoms with Crippen LogP contribution in [-0.4, -0.2) is 48.4 Å². The van der Waals surface area contributed by atoms with Gasteiger partial charge in [-0.25, -0.2) is 4.79 Å². The van der Waals surface area contributed by atoms with Gasteiger partial charge in [-0.3, -0.25) is 9.59 Å². The van der Waals surface area contributed by atoms with Gasteiger partial charge < -0.3 is 23.7 Å². The van der Waals surface area contributed by atoms with Gasteiger partial charge in [0.2, 0.25) is 0 Å². The maximum absolute atomic E-state index is 12.3. The van der Waals surface area contributed by atoms with E-state index in [1.54, 1.807) is 6.08 Å². The molecule has 0 N–H and O–H groups in total. The van der Waals surface area contributed by atoms with Crippen LogP contribution in [-0.2, 0) is 38.1 Å². The van der Waals surface area contributed by atoms with Gasteiger partial charge in [0, 0.05) is 25.8 Å². The van der Waals surface area contributed by atoms with Crippen molar-refractivity contribution < 1.29 is 38.1 Å². The van der Waals surface area contributed by atoms with E-state index in [0.717, 1.165) is 5.56 Å². The number of carbonyl (C=O) groups is 3. The summed E-state index contributed by atoms with van der Waals surface area (Å²) < 4.78 is 30.2. The molecule has 2 saturated heterocycles. The molecule has 5 rings (SSSR count). The standard InChI is InChI=1S/C28H28O8/c1-17(29)32-25(18-9-4-2-5-10-18)27(21-13-8-14-23(30)34-21)36-28-22-15-20(16-24(31)35-22)33-26(28)19-11-6-3-7-12-19/h2-12,14,20-22,25-28H,13,15-16H2,1H3/t20-,21-,22-,25-,26-,27-,28+/m0/s1. The molecule has 36 heavy (non-hydrogen) atoms. The predicted molar refractivity (Wildman–Crippen MR) is 126 cm³/mol. The minimum atomic E-state index is -0.887. The first-order chi connectivity index (χ1) is 17.5. The Morgan fingerprint density at radius 1 is 1.00 bits per heavy atom. The van der Waals surface area contributed by atoms with Crippen LogP contribution >= 0.6 is 0 Å². The van der Waals surface area contributed by atoms with Gasteiger partial charge in [0.1, 0.15) is 30.5 Å². The minimum absolute atomic E-state index is 0.182. The largest absolute Gasteiger partial charge is 0.459 e. The number of benzene rings is 2. The molecule has 0 unspecified atom stereocenters. The quantitative estimate of drug-likeness (QED) is 0.426. The third-order valence-corrected chi connectivity index (χ3v) is 6.59. The Morgan fingerprint density at radius 2 is 1.72 bits per heavy atom. The second-order valence-corrected chi connectivity index (χ2v) is 9.18. The van der Waals surface area contributed by atoms with E-state index in [9.17, 15) is 14.4 Å². The van der Waals surface area contributed by atoms with Crippen LogP contribution in [0, 0.1) is 0 Å². The Hall–Kier alpha value is -3.49. The van der Waals surface area contributed by atoms with Gasteiger partial charge in [0.05, 0.1) is 12.5 Å². The summed E-state index contributed by atoms with van der Waals surface area (Å²) in [6.45, 7) is 1.32. The molecule has 2 aromatic rings. The maximum Gasteiger partial charge on any atom is 0.330 e. The molecule has 0 saturated carbocycles. The highest BCUT2D eigenvalue weighted by Gasteiger charge is 2.49. The first-order valence-electron chi connectivity index (χ1n) is 12.1. The van der Waals surface area contributed by atoms with Crippen molar-refractivity contribution in [2.45, 2.75) is 68.9 Å². The zero-order chi connectivity index (χ0) is 25.1.